The predicted molar refractivity (Wildman–Crippen MR) is 162 cm³/mol. The number of nitrogens with zero attached hydrogens (tertiary/aromatic N) is 2. The molecule has 4 aromatic rings. The fourth-order valence-electron chi connectivity index (χ4n) is 6.29. The molecule has 8 nitrogen and oxygen atoms in total. The van der Waals surface area contributed by atoms with Crippen molar-refractivity contribution in [3.05, 3.63) is 112 Å². The molecule has 8 heteroatoms. The summed E-state index contributed by atoms with van der Waals surface area (Å²) in [4.78, 5) is 27.4. The number of fused-ring (bicyclic) bond motifs is 1. The number of ether oxygens (including phenoxy) is 1. The minimum Gasteiger partial charge on any atom is -0.465 e. The van der Waals surface area contributed by atoms with Crippen LogP contribution < -0.4 is 5.32 Å². The van der Waals surface area contributed by atoms with Crippen molar-refractivity contribution in [2.75, 3.05) is 13.7 Å². The summed E-state index contributed by atoms with van der Waals surface area (Å²) in [6.45, 7) is 5.54. The first-order valence-corrected chi connectivity index (χ1v) is 14.9. The second-order valence-corrected chi connectivity index (χ2v) is 11.8. The van der Waals surface area contributed by atoms with Crippen molar-refractivity contribution in [1.29, 1.82) is 0 Å². The molecule has 2 aliphatic rings. The van der Waals surface area contributed by atoms with E-state index in [1.54, 1.807) is 12.3 Å². The molecule has 0 saturated heterocycles. The lowest BCUT2D eigenvalue weighted by molar-refractivity contribution is -0.122. The minimum atomic E-state index is -0.872. The normalized spacial score (nSPS) is 18.6. The third-order valence-electron chi connectivity index (χ3n) is 8.72. The lowest BCUT2D eigenvalue weighted by Gasteiger charge is -2.35. The van der Waals surface area contributed by atoms with Crippen LogP contribution in [0.15, 0.2) is 77.4 Å². The first-order chi connectivity index (χ1) is 20.9. The second-order valence-electron chi connectivity index (χ2n) is 11.8. The van der Waals surface area contributed by atoms with E-state index in [4.69, 9.17) is 9.26 Å². The Kier molecular flexibility index (Phi) is 8.15. The molecule has 43 heavy (non-hydrogen) atoms. The Labute approximate surface area is 251 Å². The molecule has 6 rings (SSSR count). The maximum Gasteiger partial charge on any atom is 0.337 e. The Morgan fingerprint density at radius 2 is 1.91 bits per heavy atom. The summed E-state index contributed by atoms with van der Waals surface area (Å²) in [7, 11) is 1.38. The number of hydrogen-bond donors (Lipinski definition) is 2. The van der Waals surface area contributed by atoms with Gasteiger partial charge in [0.25, 0.3) is 0 Å². The Morgan fingerprint density at radius 3 is 2.67 bits per heavy atom. The Bertz CT molecular complexity index is 1630. The largest absolute Gasteiger partial charge is 0.465 e. The molecule has 2 N–H and O–H groups in total. The summed E-state index contributed by atoms with van der Waals surface area (Å²) in [6.07, 6.45) is 2.28. The average Bonchev–Trinajstić information content (AvgIpc) is 3.70. The number of methoxy groups -OCH3 is 1. The highest BCUT2D eigenvalue weighted by Crippen LogP contribution is 2.47. The number of benzene rings is 3. The SMILES string of the molecule is COC(=O)c1cccc(-c2ccc(CNC(=O)C3CC3c3ccccc3)c3c2CCN(C(O)c2cnoc2C(C)C)C3)c1. The predicted octanol–water partition coefficient (Wildman–Crippen LogP) is 5.72. The first-order valence-electron chi connectivity index (χ1n) is 14.9. The van der Waals surface area contributed by atoms with Crippen LogP contribution in [-0.2, 0) is 29.0 Å². The molecule has 3 aromatic carbocycles. The van der Waals surface area contributed by atoms with E-state index < -0.39 is 6.23 Å². The highest BCUT2D eigenvalue weighted by Gasteiger charge is 2.43. The zero-order chi connectivity index (χ0) is 30.1. The quantitative estimate of drug-likeness (QED) is 0.244. The van der Waals surface area contributed by atoms with Gasteiger partial charge in [0, 0.05) is 31.5 Å². The third kappa shape index (κ3) is 5.85. The van der Waals surface area contributed by atoms with Crippen LogP contribution in [-0.4, -0.2) is 40.7 Å². The van der Waals surface area contributed by atoms with Crippen molar-refractivity contribution >= 4 is 11.9 Å². The van der Waals surface area contributed by atoms with Gasteiger partial charge in [0.15, 0.2) is 0 Å². The number of hydrogen-bond acceptors (Lipinski definition) is 7. The Balaban J connectivity index is 1.28. The van der Waals surface area contributed by atoms with Crippen molar-refractivity contribution in [1.82, 2.24) is 15.4 Å². The number of rotatable bonds is 9. The molecule has 1 fully saturated rings. The van der Waals surface area contributed by atoms with Crippen LogP contribution in [0.25, 0.3) is 11.1 Å². The molecule has 0 spiro atoms. The number of aromatic nitrogens is 1. The molecule has 3 atom stereocenters. The van der Waals surface area contributed by atoms with Crippen molar-refractivity contribution in [3.8, 4) is 11.1 Å². The van der Waals surface area contributed by atoms with Gasteiger partial charge in [0.1, 0.15) is 12.0 Å². The van der Waals surface area contributed by atoms with E-state index in [0.29, 0.717) is 42.9 Å². The highest BCUT2D eigenvalue weighted by molar-refractivity contribution is 5.91. The van der Waals surface area contributed by atoms with Gasteiger partial charge in [-0.05, 0) is 64.3 Å². The molecular formula is C35H37N3O5. The lowest BCUT2D eigenvalue weighted by Crippen LogP contribution is -2.36. The Morgan fingerprint density at radius 1 is 1.09 bits per heavy atom. The summed E-state index contributed by atoms with van der Waals surface area (Å²) >= 11 is 0. The maximum atomic E-state index is 13.2. The van der Waals surface area contributed by atoms with Crippen LogP contribution in [0, 0.1) is 5.92 Å². The standard InChI is InChI=1S/C35H37N3O5/c1-21(2)32-30(19-37-43-32)34(40)38-15-14-27-26(23-10-7-11-24(16-23)35(41)42-3)13-12-25(31(27)20-38)18-36-33(39)29-17-28(29)22-8-5-4-6-9-22/h4-13,16,19,21,28-29,34,40H,14-15,17-18,20H2,1-3H3,(H,36,39). The summed E-state index contributed by atoms with van der Waals surface area (Å²) in [5.74, 6) is 0.704. The topological polar surface area (TPSA) is 105 Å². The van der Waals surface area contributed by atoms with Gasteiger partial charge in [0.2, 0.25) is 5.91 Å². The summed E-state index contributed by atoms with van der Waals surface area (Å²) in [5, 5.41) is 18.6. The van der Waals surface area contributed by atoms with Gasteiger partial charge < -0.3 is 19.7 Å². The number of aliphatic hydroxyl groups is 1. The Hall–Kier alpha value is -4.27. The van der Waals surface area contributed by atoms with Crippen LogP contribution in [0.2, 0.25) is 0 Å². The van der Waals surface area contributed by atoms with E-state index in [1.165, 1.54) is 12.7 Å². The number of esters is 1. The molecule has 0 bridgehead atoms. The number of amides is 1. The molecule has 2 heterocycles. The molecule has 0 radical (unpaired) electrons. The average molecular weight is 580 g/mol. The summed E-state index contributed by atoms with van der Waals surface area (Å²) in [5.41, 5.74) is 7.57. The molecule has 222 valence electrons. The van der Waals surface area contributed by atoms with Crippen molar-refractivity contribution in [3.63, 3.8) is 0 Å². The van der Waals surface area contributed by atoms with Crippen LogP contribution in [0.4, 0.5) is 0 Å². The van der Waals surface area contributed by atoms with Crippen molar-refractivity contribution < 1.29 is 24.0 Å². The number of carbonyl (C=O) groups excluding carboxylic acids is 2. The molecular weight excluding hydrogens is 542 g/mol. The van der Waals surface area contributed by atoms with Crippen LogP contribution in [0.5, 0.6) is 0 Å². The molecule has 3 unspecified atom stereocenters. The van der Waals surface area contributed by atoms with E-state index in [1.807, 2.05) is 55.1 Å². The van der Waals surface area contributed by atoms with E-state index in [9.17, 15) is 14.7 Å². The molecule has 1 aliphatic carbocycles. The lowest BCUT2D eigenvalue weighted by atomic mass is 9.86. The van der Waals surface area contributed by atoms with E-state index >= 15 is 0 Å². The van der Waals surface area contributed by atoms with E-state index in [2.05, 4.69) is 34.7 Å². The molecule has 1 aliphatic heterocycles. The fourth-order valence-corrected chi connectivity index (χ4v) is 6.29. The van der Waals surface area contributed by atoms with Gasteiger partial charge >= 0.3 is 5.97 Å². The maximum absolute atomic E-state index is 13.2. The second kappa shape index (κ2) is 12.1. The fraction of sp³-hybridized carbons (Fsp3) is 0.343. The molecule has 1 aromatic heterocycles. The monoisotopic (exact) mass is 579 g/mol. The van der Waals surface area contributed by atoms with Crippen LogP contribution in [0.3, 0.4) is 0 Å². The van der Waals surface area contributed by atoms with Crippen molar-refractivity contribution in [2.24, 2.45) is 5.92 Å². The molecule has 1 amide bonds. The first kappa shape index (κ1) is 28.8. The van der Waals surface area contributed by atoms with Crippen LogP contribution in [0.1, 0.15) is 82.3 Å². The van der Waals surface area contributed by atoms with Gasteiger partial charge in [-0.15, -0.1) is 0 Å². The number of aliphatic hydroxyl groups excluding tert-OH is 1. The zero-order valence-electron chi connectivity index (χ0n) is 24.7. The highest BCUT2D eigenvalue weighted by atomic mass is 16.5. The van der Waals surface area contributed by atoms with Gasteiger partial charge in [-0.2, -0.15) is 0 Å². The van der Waals surface area contributed by atoms with Crippen molar-refractivity contribution in [2.45, 2.75) is 57.8 Å². The van der Waals surface area contributed by atoms with Crippen LogP contribution >= 0.6 is 0 Å². The van der Waals surface area contributed by atoms with Gasteiger partial charge in [-0.3, -0.25) is 9.69 Å². The van der Waals surface area contributed by atoms with E-state index in [-0.39, 0.29) is 29.6 Å². The number of nitrogens with one attached hydrogen (secondary N) is 1. The van der Waals surface area contributed by atoms with Gasteiger partial charge in [-0.1, -0.05) is 73.6 Å². The third-order valence-corrected chi connectivity index (χ3v) is 8.72. The minimum absolute atomic E-state index is 0.0140. The summed E-state index contributed by atoms with van der Waals surface area (Å²) < 4.78 is 10.4. The van der Waals surface area contributed by atoms with Gasteiger partial charge in [0.05, 0.1) is 24.4 Å². The summed E-state index contributed by atoms with van der Waals surface area (Å²) in [6, 6.07) is 21.8. The zero-order valence-corrected chi connectivity index (χ0v) is 24.7. The molecule has 1 saturated carbocycles. The van der Waals surface area contributed by atoms with Gasteiger partial charge in [-0.25, -0.2) is 4.79 Å². The van der Waals surface area contributed by atoms with E-state index in [0.717, 1.165) is 34.2 Å². The smallest absolute Gasteiger partial charge is 0.337 e. The number of carbonyl (C=O) groups is 2.